The molecule has 2 rings (SSSR count). The van der Waals surface area contributed by atoms with Gasteiger partial charge in [0.15, 0.2) is 0 Å². The van der Waals surface area contributed by atoms with Gasteiger partial charge in [0.25, 0.3) is 0 Å². The molecule has 5 nitrogen and oxygen atoms in total. The monoisotopic (exact) mass is 250 g/mol. The Morgan fingerprint density at radius 3 is 2.89 bits per heavy atom. The first-order valence-electron chi connectivity index (χ1n) is 6.76. The zero-order chi connectivity index (χ0) is 12.6. The van der Waals surface area contributed by atoms with Crippen molar-refractivity contribution in [3.8, 4) is 0 Å². The number of rotatable bonds is 6. The fourth-order valence-electron chi connectivity index (χ4n) is 2.01. The number of ether oxygens (including phenoxy) is 1. The summed E-state index contributed by atoms with van der Waals surface area (Å²) in [6, 6.07) is 0. The summed E-state index contributed by atoms with van der Waals surface area (Å²) in [5.41, 5.74) is 0. The lowest BCUT2D eigenvalue weighted by atomic mass is 10.0. The Kier molecular flexibility index (Phi) is 5.20. The topological polar surface area (TPSA) is 59.1 Å². The maximum absolute atomic E-state index is 5.46. The van der Waals surface area contributed by atoms with E-state index in [-0.39, 0.29) is 0 Å². The Bertz CT molecular complexity index is 353. The zero-order valence-corrected chi connectivity index (χ0v) is 11.0. The molecular weight excluding hydrogens is 228 g/mol. The van der Waals surface area contributed by atoms with Crippen molar-refractivity contribution in [2.24, 2.45) is 5.92 Å². The van der Waals surface area contributed by atoms with Crippen LogP contribution in [0.2, 0.25) is 0 Å². The molecule has 100 valence electrons. The molecule has 2 N–H and O–H groups in total. The molecule has 2 heterocycles. The van der Waals surface area contributed by atoms with Crippen LogP contribution in [0.1, 0.15) is 26.2 Å². The molecule has 1 saturated heterocycles. The van der Waals surface area contributed by atoms with Crippen molar-refractivity contribution in [1.82, 2.24) is 9.97 Å². The highest BCUT2D eigenvalue weighted by atomic mass is 16.5. The SMILES string of the molecule is CCCNc1cncc(NCC2CCCOC2)n1. The predicted octanol–water partition coefficient (Wildman–Crippen LogP) is 2.14. The standard InChI is InChI=1S/C13H22N4O/c1-2-5-15-12-8-14-9-13(17-12)16-7-11-4-3-6-18-10-11/h8-9,11H,2-7,10H2,1H3,(H2,15,16,17). The number of hydrogen-bond donors (Lipinski definition) is 2. The molecule has 18 heavy (non-hydrogen) atoms. The molecular formula is C13H22N4O. The molecule has 0 aliphatic carbocycles. The highest BCUT2D eigenvalue weighted by Gasteiger charge is 2.13. The van der Waals surface area contributed by atoms with E-state index in [4.69, 9.17) is 4.74 Å². The molecule has 1 aromatic heterocycles. The summed E-state index contributed by atoms with van der Waals surface area (Å²) in [6.45, 7) is 5.73. The van der Waals surface area contributed by atoms with Crippen LogP contribution in [0.4, 0.5) is 11.6 Å². The summed E-state index contributed by atoms with van der Waals surface area (Å²) in [5.74, 6) is 2.26. The van der Waals surface area contributed by atoms with Crippen LogP contribution in [0, 0.1) is 5.92 Å². The molecule has 1 atom stereocenters. The summed E-state index contributed by atoms with van der Waals surface area (Å²) in [7, 11) is 0. The van der Waals surface area contributed by atoms with Crippen molar-refractivity contribution in [2.75, 3.05) is 36.9 Å². The number of nitrogens with zero attached hydrogens (tertiary/aromatic N) is 2. The minimum atomic E-state index is 0.591. The van der Waals surface area contributed by atoms with Gasteiger partial charge in [0.05, 0.1) is 19.0 Å². The molecule has 1 aliphatic rings. The largest absolute Gasteiger partial charge is 0.381 e. The highest BCUT2D eigenvalue weighted by molar-refractivity contribution is 5.41. The van der Waals surface area contributed by atoms with Gasteiger partial charge >= 0.3 is 0 Å². The Morgan fingerprint density at radius 2 is 2.17 bits per heavy atom. The minimum absolute atomic E-state index is 0.591. The molecule has 0 saturated carbocycles. The third-order valence-corrected chi connectivity index (χ3v) is 3.02. The lowest BCUT2D eigenvalue weighted by Gasteiger charge is -2.22. The summed E-state index contributed by atoms with van der Waals surface area (Å²) in [6.07, 6.45) is 6.99. The molecule has 0 aromatic carbocycles. The predicted molar refractivity (Wildman–Crippen MR) is 72.8 cm³/mol. The van der Waals surface area contributed by atoms with Gasteiger partial charge in [0.1, 0.15) is 11.6 Å². The molecule has 1 unspecified atom stereocenters. The van der Waals surface area contributed by atoms with E-state index >= 15 is 0 Å². The van der Waals surface area contributed by atoms with Gasteiger partial charge in [0, 0.05) is 19.7 Å². The summed E-state index contributed by atoms with van der Waals surface area (Å²) < 4.78 is 5.46. The zero-order valence-electron chi connectivity index (χ0n) is 11.0. The summed E-state index contributed by atoms with van der Waals surface area (Å²) >= 11 is 0. The van der Waals surface area contributed by atoms with Crippen molar-refractivity contribution in [3.05, 3.63) is 12.4 Å². The Hall–Kier alpha value is -1.36. The number of aromatic nitrogens is 2. The second kappa shape index (κ2) is 7.16. The van der Waals surface area contributed by atoms with Gasteiger partial charge < -0.3 is 15.4 Å². The minimum Gasteiger partial charge on any atom is -0.381 e. The van der Waals surface area contributed by atoms with E-state index in [0.717, 1.165) is 50.8 Å². The van der Waals surface area contributed by atoms with Gasteiger partial charge in [-0.2, -0.15) is 0 Å². The smallest absolute Gasteiger partial charge is 0.146 e. The van der Waals surface area contributed by atoms with Gasteiger partial charge in [-0.3, -0.25) is 4.98 Å². The quantitative estimate of drug-likeness (QED) is 0.810. The molecule has 0 spiro atoms. The maximum Gasteiger partial charge on any atom is 0.146 e. The van der Waals surface area contributed by atoms with Gasteiger partial charge in [-0.05, 0) is 25.2 Å². The Morgan fingerprint density at radius 1 is 1.33 bits per heavy atom. The van der Waals surface area contributed by atoms with Gasteiger partial charge in [-0.25, -0.2) is 4.98 Å². The van der Waals surface area contributed by atoms with Gasteiger partial charge in [-0.1, -0.05) is 6.92 Å². The first-order valence-corrected chi connectivity index (χ1v) is 6.76. The van der Waals surface area contributed by atoms with Crippen LogP contribution in [0.5, 0.6) is 0 Å². The normalized spacial score (nSPS) is 19.5. The third-order valence-electron chi connectivity index (χ3n) is 3.02. The van der Waals surface area contributed by atoms with E-state index < -0.39 is 0 Å². The number of hydrogen-bond acceptors (Lipinski definition) is 5. The van der Waals surface area contributed by atoms with E-state index in [0.29, 0.717) is 5.92 Å². The highest BCUT2D eigenvalue weighted by Crippen LogP contribution is 2.14. The van der Waals surface area contributed by atoms with Crippen molar-refractivity contribution >= 4 is 11.6 Å². The fraction of sp³-hybridized carbons (Fsp3) is 0.692. The third kappa shape index (κ3) is 4.14. The number of nitrogens with one attached hydrogen (secondary N) is 2. The van der Waals surface area contributed by atoms with Crippen molar-refractivity contribution in [1.29, 1.82) is 0 Å². The van der Waals surface area contributed by atoms with E-state index in [9.17, 15) is 0 Å². The first-order chi connectivity index (χ1) is 8.88. The molecule has 0 radical (unpaired) electrons. The summed E-state index contributed by atoms with van der Waals surface area (Å²) in [5, 5.41) is 6.57. The van der Waals surface area contributed by atoms with Crippen LogP contribution in [0.15, 0.2) is 12.4 Å². The maximum atomic E-state index is 5.46. The lowest BCUT2D eigenvalue weighted by molar-refractivity contribution is 0.0595. The van der Waals surface area contributed by atoms with Crippen molar-refractivity contribution < 1.29 is 4.74 Å². The second-order valence-corrected chi connectivity index (χ2v) is 4.68. The van der Waals surface area contributed by atoms with E-state index in [1.54, 1.807) is 12.4 Å². The molecule has 1 aromatic rings. The first kappa shape index (κ1) is 13.1. The molecule has 5 heteroatoms. The average Bonchev–Trinajstić information content (AvgIpc) is 2.44. The second-order valence-electron chi connectivity index (χ2n) is 4.68. The van der Waals surface area contributed by atoms with Crippen molar-refractivity contribution in [2.45, 2.75) is 26.2 Å². The summed E-state index contributed by atoms with van der Waals surface area (Å²) in [4.78, 5) is 8.65. The fourth-order valence-corrected chi connectivity index (χ4v) is 2.01. The van der Waals surface area contributed by atoms with Crippen LogP contribution in [0.3, 0.4) is 0 Å². The van der Waals surface area contributed by atoms with Gasteiger partial charge in [-0.15, -0.1) is 0 Å². The molecule has 0 bridgehead atoms. The molecule has 0 amide bonds. The van der Waals surface area contributed by atoms with Crippen LogP contribution in [-0.4, -0.2) is 36.3 Å². The van der Waals surface area contributed by atoms with Gasteiger partial charge in [0.2, 0.25) is 0 Å². The Balaban J connectivity index is 1.80. The van der Waals surface area contributed by atoms with Crippen LogP contribution < -0.4 is 10.6 Å². The Labute approximate surface area is 108 Å². The van der Waals surface area contributed by atoms with Crippen LogP contribution >= 0.6 is 0 Å². The van der Waals surface area contributed by atoms with E-state index in [1.807, 2.05) is 0 Å². The number of anilines is 2. The lowest BCUT2D eigenvalue weighted by Crippen LogP contribution is -2.24. The van der Waals surface area contributed by atoms with Crippen LogP contribution in [-0.2, 0) is 4.74 Å². The van der Waals surface area contributed by atoms with Crippen LogP contribution in [0.25, 0.3) is 0 Å². The molecule has 1 aliphatic heterocycles. The van der Waals surface area contributed by atoms with E-state index in [1.165, 1.54) is 6.42 Å². The average molecular weight is 250 g/mol. The van der Waals surface area contributed by atoms with E-state index in [2.05, 4.69) is 27.5 Å². The van der Waals surface area contributed by atoms with Crippen molar-refractivity contribution in [3.63, 3.8) is 0 Å². The molecule has 1 fully saturated rings.